The lowest BCUT2D eigenvalue weighted by Gasteiger charge is -2.19. The third-order valence-electron chi connectivity index (χ3n) is 2.82. The van der Waals surface area contributed by atoms with E-state index in [2.05, 4.69) is 42.2 Å². The van der Waals surface area contributed by atoms with E-state index >= 15 is 0 Å². The first-order valence-electron chi connectivity index (χ1n) is 5.85. The number of nitrogens with one attached hydrogen (secondary N) is 1. The van der Waals surface area contributed by atoms with E-state index in [0.717, 1.165) is 25.9 Å². The van der Waals surface area contributed by atoms with Crippen molar-refractivity contribution in [1.29, 1.82) is 0 Å². The van der Waals surface area contributed by atoms with Gasteiger partial charge >= 0.3 is 0 Å². The van der Waals surface area contributed by atoms with E-state index in [1.54, 1.807) is 6.20 Å². The van der Waals surface area contributed by atoms with Crippen LogP contribution < -0.4 is 5.32 Å². The number of aromatic nitrogens is 1. The van der Waals surface area contributed by atoms with Crippen LogP contribution in [0.1, 0.15) is 17.3 Å². The van der Waals surface area contributed by atoms with E-state index in [1.807, 2.05) is 37.3 Å². The molecule has 2 N–H and O–H groups in total. The summed E-state index contributed by atoms with van der Waals surface area (Å²) in [7, 11) is 0. The SMILES string of the molecule is Cc1ccccc1NC(CO)c1ncc(Br)cc1Br. The highest BCUT2D eigenvalue weighted by Gasteiger charge is 2.16. The van der Waals surface area contributed by atoms with Gasteiger partial charge in [0.2, 0.25) is 0 Å². The molecular formula is C14H14Br2N2O. The highest BCUT2D eigenvalue weighted by molar-refractivity contribution is 9.11. The van der Waals surface area contributed by atoms with Crippen LogP contribution in [0.15, 0.2) is 45.5 Å². The first kappa shape index (κ1) is 14.5. The fourth-order valence-electron chi connectivity index (χ4n) is 1.80. The molecule has 1 aromatic carbocycles. The molecular weight excluding hydrogens is 372 g/mol. The molecule has 100 valence electrons. The van der Waals surface area contributed by atoms with E-state index in [9.17, 15) is 5.11 Å². The number of anilines is 1. The second-order valence-electron chi connectivity index (χ2n) is 4.22. The van der Waals surface area contributed by atoms with Crippen LogP contribution in [0.5, 0.6) is 0 Å². The Hall–Kier alpha value is -0.910. The molecule has 0 aliphatic rings. The van der Waals surface area contributed by atoms with Gasteiger partial charge in [0.05, 0.1) is 18.3 Å². The third-order valence-corrected chi connectivity index (χ3v) is 3.89. The third kappa shape index (κ3) is 3.55. The lowest BCUT2D eigenvalue weighted by atomic mass is 10.1. The van der Waals surface area contributed by atoms with Crippen LogP contribution in [0.4, 0.5) is 5.69 Å². The fraction of sp³-hybridized carbons (Fsp3) is 0.214. The topological polar surface area (TPSA) is 45.1 Å². The van der Waals surface area contributed by atoms with Crippen LogP contribution in [-0.4, -0.2) is 16.7 Å². The zero-order chi connectivity index (χ0) is 13.8. The number of aliphatic hydroxyl groups excluding tert-OH is 1. The Bertz CT molecular complexity index is 575. The molecule has 0 saturated heterocycles. The molecule has 0 radical (unpaired) electrons. The van der Waals surface area contributed by atoms with Crippen LogP contribution >= 0.6 is 31.9 Å². The number of aliphatic hydroxyl groups is 1. The smallest absolute Gasteiger partial charge is 0.0929 e. The van der Waals surface area contributed by atoms with Gasteiger partial charge in [-0.05, 0) is 56.5 Å². The molecule has 0 fully saturated rings. The van der Waals surface area contributed by atoms with Crippen LogP contribution in [-0.2, 0) is 0 Å². The molecule has 0 aliphatic carbocycles. The quantitative estimate of drug-likeness (QED) is 0.833. The molecule has 2 aromatic rings. The average molecular weight is 386 g/mol. The van der Waals surface area contributed by atoms with Crippen LogP contribution in [0, 0.1) is 6.92 Å². The first-order chi connectivity index (χ1) is 9.11. The number of para-hydroxylation sites is 1. The maximum absolute atomic E-state index is 9.59. The van der Waals surface area contributed by atoms with Crippen molar-refractivity contribution in [1.82, 2.24) is 4.98 Å². The van der Waals surface area contributed by atoms with Crippen molar-refractivity contribution >= 4 is 37.5 Å². The maximum atomic E-state index is 9.59. The van der Waals surface area contributed by atoms with Gasteiger partial charge in [0.15, 0.2) is 0 Å². The largest absolute Gasteiger partial charge is 0.394 e. The number of aryl methyl sites for hydroxylation is 1. The standard InChI is InChI=1S/C14H14Br2N2O/c1-9-4-2-3-5-12(9)18-13(8-19)14-11(16)6-10(15)7-17-14/h2-7,13,18-19H,8H2,1H3. The monoisotopic (exact) mass is 384 g/mol. The van der Waals surface area contributed by atoms with Gasteiger partial charge in [0, 0.05) is 20.8 Å². The summed E-state index contributed by atoms with van der Waals surface area (Å²) >= 11 is 6.85. The number of halogens is 2. The summed E-state index contributed by atoms with van der Waals surface area (Å²) in [6.07, 6.45) is 1.72. The van der Waals surface area contributed by atoms with Crippen molar-refractivity contribution in [2.75, 3.05) is 11.9 Å². The van der Waals surface area contributed by atoms with Crippen molar-refractivity contribution in [3.63, 3.8) is 0 Å². The number of benzene rings is 1. The van der Waals surface area contributed by atoms with Gasteiger partial charge in [-0.2, -0.15) is 0 Å². The summed E-state index contributed by atoms with van der Waals surface area (Å²) < 4.78 is 1.76. The molecule has 0 saturated carbocycles. The number of hydrogen-bond acceptors (Lipinski definition) is 3. The minimum absolute atomic E-state index is 0.0262. The van der Waals surface area contributed by atoms with Gasteiger partial charge in [-0.15, -0.1) is 0 Å². The van der Waals surface area contributed by atoms with Crippen LogP contribution in [0.3, 0.4) is 0 Å². The summed E-state index contributed by atoms with van der Waals surface area (Å²) in [4.78, 5) is 4.36. The van der Waals surface area contributed by atoms with Crippen molar-refractivity contribution in [2.45, 2.75) is 13.0 Å². The molecule has 1 aromatic heterocycles. The molecule has 0 spiro atoms. The number of rotatable bonds is 4. The molecule has 19 heavy (non-hydrogen) atoms. The molecule has 1 heterocycles. The zero-order valence-corrected chi connectivity index (χ0v) is 13.6. The van der Waals surface area contributed by atoms with E-state index in [1.165, 1.54) is 0 Å². The second-order valence-corrected chi connectivity index (χ2v) is 5.99. The van der Waals surface area contributed by atoms with E-state index in [0.29, 0.717) is 0 Å². The van der Waals surface area contributed by atoms with Gasteiger partial charge in [-0.1, -0.05) is 18.2 Å². The Balaban J connectivity index is 2.28. The zero-order valence-electron chi connectivity index (χ0n) is 10.4. The van der Waals surface area contributed by atoms with Gasteiger partial charge in [0.1, 0.15) is 0 Å². The summed E-state index contributed by atoms with van der Waals surface area (Å²) in [5, 5.41) is 12.9. The van der Waals surface area contributed by atoms with Crippen molar-refractivity contribution in [2.24, 2.45) is 0 Å². The second kappa shape index (κ2) is 6.50. The van der Waals surface area contributed by atoms with E-state index in [4.69, 9.17) is 0 Å². The molecule has 5 heteroatoms. The normalized spacial score (nSPS) is 12.2. The Labute approximate surface area is 129 Å². The summed E-state index contributed by atoms with van der Waals surface area (Å²) in [5.41, 5.74) is 2.92. The van der Waals surface area contributed by atoms with Crippen molar-refractivity contribution < 1.29 is 5.11 Å². The van der Waals surface area contributed by atoms with E-state index in [-0.39, 0.29) is 12.6 Å². The predicted octanol–water partition coefficient (Wildman–Crippen LogP) is 4.06. The highest BCUT2D eigenvalue weighted by Crippen LogP contribution is 2.27. The van der Waals surface area contributed by atoms with Crippen LogP contribution in [0.2, 0.25) is 0 Å². The summed E-state index contributed by atoms with van der Waals surface area (Å²) in [6, 6.07) is 9.65. The predicted molar refractivity (Wildman–Crippen MR) is 84.3 cm³/mol. The first-order valence-corrected chi connectivity index (χ1v) is 7.44. The highest BCUT2D eigenvalue weighted by atomic mass is 79.9. The molecule has 0 aliphatic heterocycles. The maximum Gasteiger partial charge on any atom is 0.0929 e. The molecule has 2 rings (SSSR count). The number of nitrogens with zero attached hydrogens (tertiary/aromatic N) is 1. The summed E-state index contributed by atoms with van der Waals surface area (Å²) in [6.45, 7) is 2.00. The lowest BCUT2D eigenvalue weighted by molar-refractivity contribution is 0.274. The van der Waals surface area contributed by atoms with Gasteiger partial charge in [-0.3, -0.25) is 4.98 Å². The lowest BCUT2D eigenvalue weighted by Crippen LogP contribution is -2.17. The van der Waals surface area contributed by atoms with Crippen molar-refractivity contribution in [3.05, 3.63) is 56.7 Å². The minimum Gasteiger partial charge on any atom is -0.394 e. The Kier molecular flexibility index (Phi) is 4.96. The minimum atomic E-state index is -0.247. The van der Waals surface area contributed by atoms with Crippen LogP contribution in [0.25, 0.3) is 0 Å². The Morgan fingerprint density at radius 1 is 1.32 bits per heavy atom. The molecule has 0 bridgehead atoms. The molecule has 0 amide bonds. The number of pyridine rings is 1. The van der Waals surface area contributed by atoms with E-state index < -0.39 is 0 Å². The Morgan fingerprint density at radius 3 is 2.68 bits per heavy atom. The Morgan fingerprint density at radius 2 is 2.05 bits per heavy atom. The molecule has 1 atom stereocenters. The molecule has 3 nitrogen and oxygen atoms in total. The average Bonchev–Trinajstić information content (AvgIpc) is 2.39. The fourth-order valence-corrected chi connectivity index (χ4v) is 3.07. The van der Waals surface area contributed by atoms with Gasteiger partial charge < -0.3 is 10.4 Å². The number of hydrogen-bond donors (Lipinski definition) is 2. The molecule has 1 unspecified atom stereocenters. The van der Waals surface area contributed by atoms with Gasteiger partial charge in [0.25, 0.3) is 0 Å². The summed E-state index contributed by atoms with van der Waals surface area (Å²) in [5.74, 6) is 0. The van der Waals surface area contributed by atoms with Gasteiger partial charge in [-0.25, -0.2) is 0 Å². The van der Waals surface area contributed by atoms with Crippen molar-refractivity contribution in [3.8, 4) is 0 Å².